The number of ether oxygens (including phenoxy) is 1. The summed E-state index contributed by atoms with van der Waals surface area (Å²) in [5.41, 5.74) is 1.73. The average molecular weight is 420 g/mol. The summed E-state index contributed by atoms with van der Waals surface area (Å²) < 4.78 is 33.0. The predicted molar refractivity (Wildman–Crippen MR) is 110 cm³/mol. The molecule has 0 aliphatic carbocycles. The van der Waals surface area contributed by atoms with E-state index in [4.69, 9.17) is 4.74 Å². The maximum Gasteiger partial charge on any atom is 0.310 e. The van der Waals surface area contributed by atoms with Crippen molar-refractivity contribution >= 4 is 15.7 Å². The van der Waals surface area contributed by atoms with Crippen LogP contribution in [-0.2, 0) is 10.0 Å². The molecule has 2 aromatic rings. The molecule has 0 atom stereocenters. The molecule has 9 heteroatoms. The van der Waals surface area contributed by atoms with Crippen molar-refractivity contribution in [3.05, 3.63) is 63.7 Å². The summed E-state index contributed by atoms with van der Waals surface area (Å²) in [5.74, 6) is 0.244. The number of piperazine rings is 1. The van der Waals surface area contributed by atoms with Gasteiger partial charge in [0, 0.05) is 38.8 Å². The van der Waals surface area contributed by atoms with E-state index in [1.165, 1.54) is 10.4 Å². The van der Waals surface area contributed by atoms with Crippen molar-refractivity contribution in [1.29, 1.82) is 0 Å². The number of benzene rings is 2. The molecule has 0 bridgehead atoms. The number of nitro benzene ring substituents is 1. The lowest BCUT2D eigenvalue weighted by Gasteiger charge is -2.34. The highest BCUT2D eigenvalue weighted by atomic mass is 32.2. The molecular weight excluding hydrogens is 394 g/mol. The molecule has 29 heavy (non-hydrogen) atoms. The average Bonchev–Trinajstić information content (AvgIpc) is 2.68. The highest BCUT2D eigenvalue weighted by Gasteiger charge is 2.29. The molecule has 3 rings (SSSR count). The molecule has 1 aliphatic heterocycles. The van der Waals surface area contributed by atoms with Gasteiger partial charge in [-0.25, -0.2) is 8.42 Å². The van der Waals surface area contributed by atoms with Crippen LogP contribution in [0.1, 0.15) is 11.1 Å². The molecule has 2 aromatic carbocycles. The second-order valence-corrected chi connectivity index (χ2v) is 8.99. The van der Waals surface area contributed by atoms with E-state index in [2.05, 4.69) is 4.90 Å². The first-order valence-electron chi connectivity index (χ1n) is 9.45. The number of sulfonamides is 1. The van der Waals surface area contributed by atoms with Gasteiger partial charge in [0.1, 0.15) is 6.61 Å². The predicted octanol–water partition coefficient (Wildman–Crippen LogP) is 2.60. The minimum absolute atomic E-state index is 0.0584. The Balaban J connectivity index is 1.54. The van der Waals surface area contributed by atoms with Crippen molar-refractivity contribution in [2.75, 3.05) is 39.3 Å². The zero-order chi connectivity index (χ0) is 21.0. The van der Waals surface area contributed by atoms with Gasteiger partial charge in [0.2, 0.25) is 10.0 Å². The Kier molecular flexibility index (Phi) is 6.51. The molecule has 0 amide bonds. The standard InChI is InChI=1S/C20H25N3O5S/c1-16-7-8-20(17(2)15-16)29(26,27)22-11-9-21(10-12-22)13-14-28-19-6-4-3-5-18(19)23(24)25/h3-8,15H,9-14H2,1-2H3. The lowest BCUT2D eigenvalue weighted by molar-refractivity contribution is -0.385. The molecule has 0 unspecified atom stereocenters. The zero-order valence-electron chi connectivity index (χ0n) is 16.6. The van der Waals surface area contributed by atoms with Crippen LogP contribution in [0.2, 0.25) is 0 Å². The molecule has 0 N–H and O–H groups in total. The van der Waals surface area contributed by atoms with E-state index < -0.39 is 14.9 Å². The molecule has 0 aromatic heterocycles. The van der Waals surface area contributed by atoms with Gasteiger partial charge in [-0.05, 0) is 31.5 Å². The summed E-state index contributed by atoms with van der Waals surface area (Å²) in [4.78, 5) is 13.0. The Bertz CT molecular complexity index is 985. The quantitative estimate of drug-likeness (QED) is 0.506. The van der Waals surface area contributed by atoms with E-state index in [-0.39, 0.29) is 11.4 Å². The number of para-hydroxylation sites is 2. The SMILES string of the molecule is Cc1ccc(S(=O)(=O)N2CCN(CCOc3ccccc3[N+](=O)[O-])CC2)c(C)c1. The maximum absolute atomic E-state index is 12.9. The van der Waals surface area contributed by atoms with Gasteiger partial charge < -0.3 is 4.74 Å². The molecule has 1 heterocycles. The molecule has 1 aliphatic rings. The van der Waals surface area contributed by atoms with Gasteiger partial charge in [0.15, 0.2) is 5.75 Å². The van der Waals surface area contributed by atoms with E-state index in [1.54, 1.807) is 24.3 Å². The van der Waals surface area contributed by atoms with Crippen LogP contribution in [0.15, 0.2) is 47.4 Å². The van der Waals surface area contributed by atoms with Gasteiger partial charge in [-0.1, -0.05) is 29.8 Å². The van der Waals surface area contributed by atoms with Crippen molar-refractivity contribution in [2.24, 2.45) is 0 Å². The third-order valence-corrected chi connectivity index (χ3v) is 7.07. The van der Waals surface area contributed by atoms with Crippen LogP contribution in [-0.4, -0.2) is 61.9 Å². The maximum atomic E-state index is 12.9. The fraction of sp³-hybridized carbons (Fsp3) is 0.400. The number of hydrogen-bond acceptors (Lipinski definition) is 6. The van der Waals surface area contributed by atoms with Crippen LogP contribution < -0.4 is 4.74 Å². The van der Waals surface area contributed by atoms with Crippen LogP contribution in [0.4, 0.5) is 5.69 Å². The zero-order valence-corrected chi connectivity index (χ0v) is 17.4. The second kappa shape index (κ2) is 8.89. The first kappa shape index (κ1) is 21.2. The Morgan fingerprint density at radius 3 is 2.41 bits per heavy atom. The van der Waals surface area contributed by atoms with Gasteiger partial charge in [-0.15, -0.1) is 0 Å². The van der Waals surface area contributed by atoms with Crippen LogP contribution in [0.5, 0.6) is 5.75 Å². The Morgan fingerprint density at radius 1 is 1.07 bits per heavy atom. The van der Waals surface area contributed by atoms with Gasteiger partial charge in [0.05, 0.1) is 9.82 Å². The largest absolute Gasteiger partial charge is 0.485 e. The number of hydrogen-bond donors (Lipinski definition) is 0. The molecule has 8 nitrogen and oxygen atoms in total. The lowest BCUT2D eigenvalue weighted by Crippen LogP contribution is -2.49. The van der Waals surface area contributed by atoms with Crippen LogP contribution in [0, 0.1) is 24.0 Å². The van der Waals surface area contributed by atoms with Crippen molar-refractivity contribution in [1.82, 2.24) is 9.21 Å². The van der Waals surface area contributed by atoms with E-state index in [9.17, 15) is 18.5 Å². The third kappa shape index (κ3) is 4.92. The van der Waals surface area contributed by atoms with E-state index in [0.717, 1.165) is 11.1 Å². The number of nitrogens with zero attached hydrogens (tertiary/aromatic N) is 3. The molecule has 0 radical (unpaired) electrons. The summed E-state index contributed by atoms with van der Waals surface area (Å²) >= 11 is 0. The van der Waals surface area contributed by atoms with Crippen molar-refractivity contribution < 1.29 is 18.1 Å². The van der Waals surface area contributed by atoms with Crippen LogP contribution >= 0.6 is 0 Å². The van der Waals surface area contributed by atoms with E-state index >= 15 is 0 Å². The minimum atomic E-state index is -3.51. The first-order valence-corrected chi connectivity index (χ1v) is 10.9. The lowest BCUT2D eigenvalue weighted by atomic mass is 10.2. The summed E-state index contributed by atoms with van der Waals surface area (Å²) in [6.07, 6.45) is 0. The fourth-order valence-corrected chi connectivity index (χ4v) is 5.06. The van der Waals surface area contributed by atoms with Gasteiger partial charge in [0.25, 0.3) is 0 Å². The Labute approximate surface area is 170 Å². The van der Waals surface area contributed by atoms with E-state index in [0.29, 0.717) is 44.2 Å². The topological polar surface area (TPSA) is 93.0 Å². The second-order valence-electron chi connectivity index (χ2n) is 7.09. The third-order valence-electron chi connectivity index (χ3n) is 5.01. The molecule has 0 saturated carbocycles. The highest BCUT2D eigenvalue weighted by molar-refractivity contribution is 7.89. The fourth-order valence-electron chi connectivity index (χ4n) is 3.44. The van der Waals surface area contributed by atoms with Crippen LogP contribution in [0.25, 0.3) is 0 Å². The summed E-state index contributed by atoms with van der Waals surface area (Å²) in [6, 6.07) is 11.6. The number of rotatable bonds is 7. The number of nitro groups is 1. The Hall–Kier alpha value is -2.49. The molecule has 1 saturated heterocycles. The molecule has 1 fully saturated rings. The van der Waals surface area contributed by atoms with Gasteiger partial charge in [-0.3, -0.25) is 15.0 Å². The smallest absolute Gasteiger partial charge is 0.310 e. The van der Waals surface area contributed by atoms with Gasteiger partial charge >= 0.3 is 5.69 Å². The van der Waals surface area contributed by atoms with Crippen molar-refractivity contribution in [3.63, 3.8) is 0 Å². The molecular formula is C20H25N3O5S. The van der Waals surface area contributed by atoms with Gasteiger partial charge in [-0.2, -0.15) is 4.31 Å². The summed E-state index contributed by atoms with van der Waals surface area (Å²) in [5, 5.41) is 11.0. The van der Waals surface area contributed by atoms with E-state index in [1.807, 2.05) is 26.0 Å². The summed E-state index contributed by atoms with van der Waals surface area (Å²) in [6.45, 7) is 6.61. The highest BCUT2D eigenvalue weighted by Crippen LogP contribution is 2.26. The number of aryl methyl sites for hydroxylation is 2. The monoisotopic (exact) mass is 419 g/mol. The minimum Gasteiger partial charge on any atom is -0.485 e. The van der Waals surface area contributed by atoms with Crippen molar-refractivity contribution in [3.8, 4) is 5.75 Å². The first-order chi connectivity index (χ1) is 13.8. The molecule has 0 spiro atoms. The normalized spacial score (nSPS) is 15.9. The van der Waals surface area contributed by atoms with Crippen LogP contribution in [0.3, 0.4) is 0 Å². The van der Waals surface area contributed by atoms with Crippen molar-refractivity contribution in [2.45, 2.75) is 18.7 Å². The summed E-state index contributed by atoms with van der Waals surface area (Å²) in [7, 11) is -3.51. The molecule has 156 valence electrons. The Morgan fingerprint density at radius 2 is 1.76 bits per heavy atom.